The molecule has 2 heterocycles. The van der Waals surface area contributed by atoms with Crippen LogP contribution in [0.15, 0.2) is 18.7 Å². The Morgan fingerprint density at radius 1 is 1.47 bits per heavy atom. The predicted molar refractivity (Wildman–Crippen MR) is 57.7 cm³/mol. The molecule has 0 radical (unpaired) electrons. The first-order valence-electron chi connectivity index (χ1n) is 4.88. The van der Waals surface area contributed by atoms with Gasteiger partial charge in [-0.2, -0.15) is 5.10 Å². The minimum atomic E-state index is -0.0351. The largest absolute Gasteiger partial charge is 0.323 e. The maximum atomic E-state index is 5.87. The van der Waals surface area contributed by atoms with E-state index in [1.165, 1.54) is 0 Å². The van der Waals surface area contributed by atoms with Gasteiger partial charge in [0.25, 0.3) is 0 Å². The monoisotopic (exact) mass is 205 g/mol. The van der Waals surface area contributed by atoms with Crippen LogP contribution in [0.2, 0.25) is 0 Å². The Kier molecular flexibility index (Phi) is 2.32. The smallest absolute Gasteiger partial charge is 0.0995 e. The first-order chi connectivity index (χ1) is 7.09. The van der Waals surface area contributed by atoms with Gasteiger partial charge in [0.1, 0.15) is 0 Å². The highest BCUT2D eigenvalue weighted by molar-refractivity contribution is 5.36. The Morgan fingerprint density at radius 3 is 2.73 bits per heavy atom. The summed E-state index contributed by atoms with van der Waals surface area (Å²) in [6.07, 6.45) is 5.52. The van der Waals surface area contributed by atoms with Crippen molar-refractivity contribution in [2.24, 2.45) is 12.8 Å². The fourth-order valence-electron chi connectivity index (χ4n) is 1.67. The van der Waals surface area contributed by atoms with Gasteiger partial charge in [0.05, 0.1) is 29.6 Å². The summed E-state index contributed by atoms with van der Waals surface area (Å²) in [5, 5.41) is 4.29. The number of nitrogens with zero attached hydrogens (tertiary/aromatic N) is 4. The fourth-order valence-corrected chi connectivity index (χ4v) is 1.67. The van der Waals surface area contributed by atoms with Crippen molar-refractivity contribution in [3.05, 3.63) is 30.1 Å². The quantitative estimate of drug-likeness (QED) is 0.793. The van der Waals surface area contributed by atoms with Crippen LogP contribution in [-0.2, 0) is 7.05 Å². The molecule has 0 saturated carbocycles. The Labute approximate surface area is 88.5 Å². The third-order valence-electron chi connectivity index (χ3n) is 2.38. The summed E-state index contributed by atoms with van der Waals surface area (Å²) in [5.41, 5.74) is 8.86. The zero-order valence-corrected chi connectivity index (χ0v) is 9.18. The summed E-state index contributed by atoms with van der Waals surface area (Å²) in [4.78, 5) is 4.12. The Bertz CT molecular complexity index is 466. The molecular weight excluding hydrogens is 190 g/mol. The van der Waals surface area contributed by atoms with Crippen molar-refractivity contribution in [2.75, 3.05) is 0 Å². The minimum absolute atomic E-state index is 0.0351. The molecule has 0 saturated heterocycles. The van der Waals surface area contributed by atoms with Crippen molar-refractivity contribution in [1.29, 1.82) is 0 Å². The van der Waals surface area contributed by atoms with E-state index < -0.39 is 0 Å². The molecule has 2 aromatic heterocycles. The predicted octanol–water partition coefficient (Wildman–Crippen LogP) is 0.934. The zero-order valence-electron chi connectivity index (χ0n) is 9.18. The summed E-state index contributed by atoms with van der Waals surface area (Å²) in [6.45, 7) is 3.92. The Hall–Kier alpha value is -1.62. The van der Waals surface area contributed by atoms with Crippen LogP contribution < -0.4 is 5.73 Å². The molecular formula is C10H15N5. The molecule has 1 atom stereocenters. The molecule has 0 aromatic carbocycles. The van der Waals surface area contributed by atoms with Crippen LogP contribution in [0.25, 0.3) is 5.69 Å². The van der Waals surface area contributed by atoms with Crippen molar-refractivity contribution < 1.29 is 0 Å². The van der Waals surface area contributed by atoms with Crippen LogP contribution in [0.3, 0.4) is 0 Å². The van der Waals surface area contributed by atoms with Gasteiger partial charge in [-0.25, -0.2) is 4.98 Å². The molecule has 0 aliphatic heterocycles. The summed E-state index contributed by atoms with van der Waals surface area (Å²) < 4.78 is 3.77. The second-order valence-electron chi connectivity index (χ2n) is 3.75. The van der Waals surface area contributed by atoms with E-state index in [1.54, 1.807) is 17.2 Å². The summed E-state index contributed by atoms with van der Waals surface area (Å²) in [7, 11) is 1.90. The van der Waals surface area contributed by atoms with Gasteiger partial charge in [0.2, 0.25) is 0 Å². The van der Waals surface area contributed by atoms with Gasteiger partial charge in [0.15, 0.2) is 0 Å². The van der Waals surface area contributed by atoms with E-state index in [0.717, 1.165) is 17.1 Å². The van der Waals surface area contributed by atoms with Crippen molar-refractivity contribution >= 4 is 0 Å². The van der Waals surface area contributed by atoms with Gasteiger partial charge in [-0.1, -0.05) is 0 Å². The van der Waals surface area contributed by atoms with E-state index in [0.29, 0.717) is 0 Å². The van der Waals surface area contributed by atoms with Crippen LogP contribution >= 0.6 is 0 Å². The van der Waals surface area contributed by atoms with Crippen LogP contribution in [0.1, 0.15) is 24.4 Å². The topological polar surface area (TPSA) is 61.7 Å². The average molecular weight is 205 g/mol. The molecule has 2 rings (SSSR count). The molecule has 15 heavy (non-hydrogen) atoms. The average Bonchev–Trinajstić information content (AvgIpc) is 2.71. The normalized spacial score (nSPS) is 13.1. The Balaban J connectivity index is 2.54. The van der Waals surface area contributed by atoms with Crippen molar-refractivity contribution in [1.82, 2.24) is 19.3 Å². The second-order valence-corrected chi connectivity index (χ2v) is 3.75. The number of aromatic nitrogens is 4. The molecule has 2 aromatic rings. The Morgan fingerprint density at radius 2 is 2.20 bits per heavy atom. The van der Waals surface area contributed by atoms with E-state index >= 15 is 0 Å². The number of imidazole rings is 1. The molecule has 0 amide bonds. The lowest BCUT2D eigenvalue weighted by Crippen LogP contribution is -2.10. The molecule has 5 heteroatoms. The first-order valence-corrected chi connectivity index (χ1v) is 4.88. The maximum absolute atomic E-state index is 5.87. The van der Waals surface area contributed by atoms with Gasteiger partial charge < -0.3 is 5.73 Å². The SMILES string of the molecule is Cc1nn(C)cc1-n1cncc1[C@H](C)N. The van der Waals surface area contributed by atoms with Gasteiger partial charge >= 0.3 is 0 Å². The van der Waals surface area contributed by atoms with Gasteiger partial charge in [-0.3, -0.25) is 9.25 Å². The third-order valence-corrected chi connectivity index (χ3v) is 2.38. The molecule has 0 aliphatic rings. The molecule has 0 aliphatic carbocycles. The first kappa shape index (κ1) is 9.92. The van der Waals surface area contributed by atoms with Gasteiger partial charge in [0, 0.05) is 19.3 Å². The number of rotatable bonds is 2. The fraction of sp³-hybridized carbons (Fsp3) is 0.400. The number of hydrogen-bond acceptors (Lipinski definition) is 3. The lowest BCUT2D eigenvalue weighted by Gasteiger charge is -2.08. The van der Waals surface area contributed by atoms with E-state index in [2.05, 4.69) is 10.1 Å². The number of hydrogen-bond donors (Lipinski definition) is 1. The minimum Gasteiger partial charge on any atom is -0.323 e. The highest BCUT2D eigenvalue weighted by Crippen LogP contribution is 2.17. The van der Waals surface area contributed by atoms with Crippen LogP contribution in [0.5, 0.6) is 0 Å². The highest BCUT2D eigenvalue weighted by Gasteiger charge is 2.11. The summed E-state index contributed by atoms with van der Waals surface area (Å²) >= 11 is 0. The highest BCUT2D eigenvalue weighted by atomic mass is 15.3. The van der Waals surface area contributed by atoms with Crippen LogP contribution in [0.4, 0.5) is 0 Å². The van der Waals surface area contributed by atoms with E-state index in [9.17, 15) is 0 Å². The lowest BCUT2D eigenvalue weighted by atomic mass is 10.2. The maximum Gasteiger partial charge on any atom is 0.0995 e. The van der Waals surface area contributed by atoms with Crippen LogP contribution in [0, 0.1) is 6.92 Å². The number of aryl methyl sites for hydroxylation is 2. The number of nitrogens with two attached hydrogens (primary N) is 1. The molecule has 0 fully saturated rings. The molecule has 5 nitrogen and oxygen atoms in total. The second kappa shape index (κ2) is 3.51. The molecule has 0 spiro atoms. The third kappa shape index (κ3) is 1.66. The zero-order chi connectivity index (χ0) is 11.0. The van der Waals surface area contributed by atoms with Crippen molar-refractivity contribution in [3.63, 3.8) is 0 Å². The van der Waals surface area contributed by atoms with Gasteiger partial charge in [-0.15, -0.1) is 0 Å². The van der Waals surface area contributed by atoms with E-state index in [4.69, 9.17) is 5.73 Å². The summed E-state index contributed by atoms with van der Waals surface area (Å²) in [6, 6.07) is -0.0351. The van der Waals surface area contributed by atoms with Crippen molar-refractivity contribution in [3.8, 4) is 5.69 Å². The molecule has 2 N–H and O–H groups in total. The van der Waals surface area contributed by atoms with Crippen LogP contribution in [-0.4, -0.2) is 19.3 Å². The van der Waals surface area contributed by atoms with E-state index in [1.807, 2.05) is 31.7 Å². The van der Waals surface area contributed by atoms with Crippen molar-refractivity contribution in [2.45, 2.75) is 19.9 Å². The van der Waals surface area contributed by atoms with Gasteiger partial charge in [-0.05, 0) is 13.8 Å². The lowest BCUT2D eigenvalue weighted by molar-refractivity contribution is 0.749. The molecule has 80 valence electrons. The molecule has 0 unspecified atom stereocenters. The molecule has 0 bridgehead atoms. The van der Waals surface area contributed by atoms with E-state index in [-0.39, 0.29) is 6.04 Å². The standard InChI is InChI=1S/C10H15N5/c1-7(11)9-4-12-6-15(9)10-5-14(3)13-8(10)2/h4-7H,11H2,1-3H3/t7-/m0/s1. The summed E-state index contributed by atoms with van der Waals surface area (Å²) in [5.74, 6) is 0.